The van der Waals surface area contributed by atoms with Crippen LogP contribution in [-0.2, 0) is 9.47 Å². The fourth-order valence-electron chi connectivity index (χ4n) is 7.26. The third kappa shape index (κ3) is 2.05. The van der Waals surface area contributed by atoms with Crippen molar-refractivity contribution in [1.29, 1.82) is 0 Å². The van der Waals surface area contributed by atoms with Crippen LogP contribution >= 0.6 is 0 Å². The maximum atomic E-state index is 10.6. The SMILES string of the molecule is C=C1C=C2CC3(CC[C@]2(C)C2CC[C@@]4(C)C(CCC4(O)O)C12)OCCO3. The van der Waals surface area contributed by atoms with Gasteiger partial charge in [0.2, 0.25) is 0 Å². The molecule has 5 atom stereocenters. The lowest BCUT2D eigenvalue weighted by Gasteiger charge is -2.59. The van der Waals surface area contributed by atoms with E-state index in [9.17, 15) is 10.2 Å². The van der Waals surface area contributed by atoms with Crippen LogP contribution in [0.5, 0.6) is 0 Å². The van der Waals surface area contributed by atoms with Crippen molar-refractivity contribution in [3.05, 3.63) is 23.8 Å². The van der Waals surface area contributed by atoms with Crippen LogP contribution in [0, 0.1) is 28.6 Å². The molecule has 0 radical (unpaired) electrons. The summed E-state index contributed by atoms with van der Waals surface area (Å²) in [6.45, 7) is 10.4. The van der Waals surface area contributed by atoms with Crippen LogP contribution in [0.3, 0.4) is 0 Å². The van der Waals surface area contributed by atoms with Crippen molar-refractivity contribution in [2.45, 2.75) is 70.4 Å². The average molecular weight is 360 g/mol. The van der Waals surface area contributed by atoms with Crippen LogP contribution in [-0.4, -0.2) is 35.0 Å². The van der Waals surface area contributed by atoms with Crippen molar-refractivity contribution in [2.75, 3.05) is 13.2 Å². The van der Waals surface area contributed by atoms with E-state index in [0.717, 1.165) is 38.5 Å². The average Bonchev–Trinajstić information content (AvgIpc) is 3.13. The lowest BCUT2D eigenvalue weighted by Crippen LogP contribution is -2.56. The van der Waals surface area contributed by atoms with Crippen molar-refractivity contribution in [3.8, 4) is 0 Å². The van der Waals surface area contributed by atoms with Gasteiger partial charge < -0.3 is 19.7 Å². The van der Waals surface area contributed by atoms with E-state index >= 15 is 0 Å². The molecule has 0 aromatic heterocycles. The molecule has 144 valence electrons. The van der Waals surface area contributed by atoms with Gasteiger partial charge >= 0.3 is 0 Å². The van der Waals surface area contributed by atoms with E-state index in [1.165, 1.54) is 11.1 Å². The third-order valence-corrected chi connectivity index (χ3v) is 9.02. The summed E-state index contributed by atoms with van der Waals surface area (Å²) in [5, 5.41) is 21.3. The van der Waals surface area contributed by atoms with Gasteiger partial charge in [-0.1, -0.05) is 37.6 Å². The van der Waals surface area contributed by atoms with Gasteiger partial charge in [0.15, 0.2) is 11.6 Å². The predicted octanol–water partition coefficient (Wildman–Crippen LogP) is 3.54. The van der Waals surface area contributed by atoms with E-state index in [4.69, 9.17) is 9.47 Å². The molecule has 4 fully saturated rings. The van der Waals surface area contributed by atoms with Gasteiger partial charge in [0.25, 0.3) is 0 Å². The Morgan fingerprint density at radius 2 is 1.69 bits per heavy atom. The second-order valence-electron chi connectivity index (χ2n) is 10.00. The topological polar surface area (TPSA) is 58.9 Å². The second kappa shape index (κ2) is 5.22. The van der Waals surface area contributed by atoms with E-state index in [0.29, 0.717) is 37.4 Å². The first kappa shape index (κ1) is 17.4. The van der Waals surface area contributed by atoms with Crippen LogP contribution in [0.4, 0.5) is 0 Å². The second-order valence-corrected chi connectivity index (χ2v) is 10.00. The summed E-state index contributed by atoms with van der Waals surface area (Å²) in [5.74, 6) is -0.715. The number of aliphatic hydroxyl groups is 2. The van der Waals surface area contributed by atoms with Gasteiger partial charge in [-0.3, -0.25) is 0 Å². The summed E-state index contributed by atoms with van der Waals surface area (Å²) in [6.07, 6.45) is 8.53. The molecule has 1 aliphatic heterocycles. The van der Waals surface area contributed by atoms with Gasteiger partial charge in [-0.2, -0.15) is 0 Å². The molecule has 1 saturated heterocycles. The molecule has 3 unspecified atom stereocenters. The molecule has 26 heavy (non-hydrogen) atoms. The van der Waals surface area contributed by atoms with Crippen LogP contribution in [0.2, 0.25) is 0 Å². The quantitative estimate of drug-likeness (QED) is 0.649. The van der Waals surface area contributed by atoms with Crippen LogP contribution in [0.15, 0.2) is 23.8 Å². The number of rotatable bonds is 0. The smallest absolute Gasteiger partial charge is 0.172 e. The summed E-state index contributed by atoms with van der Waals surface area (Å²) in [4.78, 5) is 0. The molecule has 0 aromatic rings. The zero-order chi connectivity index (χ0) is 18.4. The first-order chi connectivity index (χ1) is 12.2. The van der Waals surface area contributed by atoms with Gasteiger partial charge in [-0.15, -0.1) is 0 Å². The number of fused-ring (bicyclic) bond motifs is 5. The van der Waals surface area contributed by atoms with Crippen molar-refractivity contribution in [3.63, 3.8) is 0 Å². The lowest BCUT2D eigenvalue weighted by atomic mass is 9.46. The summed E-state index contributed by atoms with van der Waals surface area (Å²) < 4.78 is 12.0. The molecule has 0 aromatic carbocycles. The Kier molecular flexibility index (Phi) is 3.50. The van der Waals surface area contributed by atoms with E-state index in [1.54, 1.807) is 0 Å². The van der Waals surface area contributed by atoms with Gasteiger partial charge in [0.05, 0.1) is 13.2 Å². The standard InChI is InChI=1S/C22H32O4/c1-14-12-15-13-21(25-10-11-26-21)9-8-19(15,2)16-4-6-20(3)17(18(14)16)5-7-22(20,23)24/h12,16-18,23-24H,1,4-11,13H2,2-3H3/t16?,17?,18?,19-,20-/m0/s1. The molecule has 0 bridgehead atoms. The molecule has 4 heteroatoms. The van der Waals surface area contributed by atoms with Crippen molar-refractivity contribution in [2.24, 2.45) is 28.6 Å². The predicted molar refractivity (Wildman–Crippen MR) is 98.0 cm³/mol. The fourth-order valence-corrected chi connectivity index (χ4v) is 7.26. The highest BCUT2D eigenvalue weighted by Gasteiger charge is 2.65. The first-order valence-electron chi connectivity index (χ1n) is 10.3. The zero-order valence-electron chi connectivity index (χ0n) is 16.1. The summed E-state index contributed by atoms with van der Waals surface area (Å²) in [5.41, 5.74) is 2.37. The Labute approximate surface area is 156 Å². The van der Waals surface area contributed by atoms with Crippen molar-refractivity contribution >= 4 is 0 Å². The van der Waals surface area contributed by atoms with Crippen molar-refractivity contribution < 1.29 is 19.7 Å². The minimum Gasteiger partial charge on any atom is -0.365 e. The number of hydrogen-bond donors (Lipinski definition) is 2. The van der Waals surface area contributed by atoms with E-state index in [2.05, 4.69) is 26.5 Å². The molecule has 1 heterocycles. The largest absolute Gasteiger partial charge is 0.365 e. The van der Waals surface area contributed by atoms with Gasteiger partial charge in [0.1, 0.15) is 0 Å². The zero-order valence-corrected chi connectivity index (χ0v) is 16.1. The minimum atomic E-state index is -1.53. The Morgan fingerprint density at radius 1 is 1.00 bits per heavy atom. The fraction of sp³-hybridized carbons (Fsp3) is 0.818. The summed E-state index contributed by atoms with van der Waals surface area (Å²) in [6, 6.07) is 0. The van der Waals surface area contributed by atoms with Crippen molar-refractivity contribution in [1.82, 2.24) is 0 Å². The highest BCUT2D eigenvalue weighted by molar-refractivity contribution is 5.38. The monoisotopic (exact) mass is 360 g/mol. The van der Waals surface area contributed by atoms with E-state index < -0.39 is 17.0 Å². The van der Waals surface area contributed by atoms with E-state index in [-0.39, 0.29) is 5.41 Å². The third-order valence-electron chi connectivity index (χ3n) is 9.02. The molecule has 3 saturated carbocycles. The molecule has 1 spiro atoms. The maximum Gasteiger partial charge on any atom is 0.172 e. The molecular formula is C22H32O4. The van der Waals surface area contributed by atoms with E-state index in [1.807, 2.05) is 0 Å². The van der Waals surface area contributed by atoms with Gasteiger partial charge in [0, 0.05) is 24.7 Å². The van der Waals surface area contributed by atoms with Gasteiger partial charge in [-0.25, -0.2) is 0 Å². The maximum absolute atomic E-state index is 10.6. The molecule has 2 N–H and O–H groups in total. The number of hydrogen-bond acceptors (Lipinski definition) is 4. The highest BCUT2D eigenvalue weighted by Crippen LogP contribution is 2.68. The molecule has 4 nitrogen and oxygen atoms in total. The summed E-state index contributed by atoms with van der Waals surface area (Å²) in [7, 11) is 0. The molecule has 5 aliphatic rings. The lowest BCUT2D eigenvalue weighted by molar-refractivity contribution is -0.245. The Bertz CT molecular complexity index is 674. The normalized spacial score (nSPS) is 48.7. The van der Waals surface area contributed by atoms with Crippen LogP contribution < -0.4 is 0 Å². The first-order valence-corrected chi connectivity index (χ1v) is 10.3. The Hall–Kier alpha value is -0.680. The number of ether oxygens (including phenoxy) is 2. The Balaban J connectivity index is 1.52. The molecular weight excluding hydrogens is 328 g/mol. The molecule has 4 aliphatic carbocycles. The number of allylic oxidation sites excluding steroid dienone is 2. The summed E-state index contributed by atoms with van der Waals surface area (Å²) >= 11 is 0. The van der Waals surface area contributed by atoms with Crippen LogP contribution in [0.1, 0.15) is 58.8 Å². The molecule has 0 amide bonds. The van der Waals surface area contributed by atoms with Gasteiger partial charge in [-0.05, 0) is 48.9 Å². The minimum absolute atomic E-state index is 0.157. The molecule has 5 rings (SSSR count). The highest BCUT2D eigenvalue weighted by atomic mass is 16.7. The Morgan fingerprint density at radius 3 is 2.42 bits per heavy atom. The van der Waals surface area contributed by atoms with Crippen LogP contribution in [0.25, 0.3) is 0 Å².